The van der Waals surface area contributed by atoms with Gasteiger partial charge in [-0.05, 0) is 12.5 Å². The Morgan fingerprint density at radius 3 is 2.62 bits per heavy atom. The number of hydrogen-bond donors (Lipinski definition) is 0. The molecule has 3 aromatic heterocycles. The zero-order valence-corrected chi connectivity index (χ0v) is 15.2. The molecule has 8 nitrogen and oxygen atoms in total. The van der Waals surface area contributed by atoms with Gasteiger partial charge in [-0.15, -0.1) is 10.2 Å². The van der Waals surface area contributed by atoms with E-state index in [1.54, 1.807) is 6.33 Å². The molecule has 2 saturated heterocycles. The van der Waals surface area contributed by atoms with Crippen LogP contribution in [0.3, 0.4) is 0 Å². The Hall–Kier alpha value is -2.77. The first kappa shape index (κ1) is 15.5. The van der Waals surface area contributed by atoms with Crippen molar-refractivity contribution >= 4 is 17.3 Å². The van der Waals surface area contributed by atoms with Crippen molar-refractivity contribution in [3.05, 3.63) is 36.8 Å². The Morgan fingerprint density at radius 2 is 1.85 bits per heavy atom. The van der Waals surface area contributed by atoms with Crippen LogP contribution in [0, 0.1) is 0 Å². The second kappa shape index (κ2) is 5.36. The van der Waals surface area contributed by atoms with Crippen LogP contribution in [-0.2, 0) is 5.41 Å². The van der Waals surface area contributed by atoms with Gasteiger partial charge in [-0.25, -0.2) is 15.0 Å². The van der Waals surface area contributed by atoms with Gasteiger partial charge in [0.1, 0.15) is 18.0 Å². The van der Waals surface area contributed by atoms with E-state index in [2.05, 4.69) is 50.7 Å². The Morgan fingerprint density at radius 1 is 1.04 bits per heavy atom. The smallest absolute Gasteiger partial charge is 0.203 e. The van der Waals surface area contributed by atoms with Crippen LogP contribution in [0.2, 0.25) is 0 Å². The van der Waals surface area contributed by atoms with E-state index >= 15 is 0 Å². The summed E-state index contributed by atoms with van der Waals surface area (Å²) in [5.41, 5.74) is 0.775. The van der Waals surface area contributed by atoms with E-state index in [0.717, 1.165) is 42.6 Å². The lowest BCUT2D eigenvalue weighted by Crippen LogP contribution is -2.47. The van der Waals surface area contributed by atoms with Gasteiger partial charge in [0.05, 0.1) is 12.1 Å². The maximum atomic E-state index is 4.84. The predicted molar refractivity (Wildman–Crippen MR) is 98.4 cm³/mol. The van der Waals surface area contributed by atoms with Crippen molar-refractivity contribution in [2.45, 2.75) is 44.7 Å². The van der Waals surface area contributed by atoms with Crippen molar-refractivity contribution in [1.29, 1.82) is 0 Å². The molecule has 2 fully saturated rings. The first-order valence-electron chi connectivity index (χ1n) is 9.02. The molecule has 0 spiro atoms. The fraction of sp³-hybridized carbons (Fsp3) is 0.500. The number of nitrogens with zero attached hydrogens (tertiary/aromatic N) is 8. The van der Waals surface area contributed by atoms with Gasteiger partial charge in [0.25, 0.3) is 0 Å². The molecule has 3 aromatic rings. The van der Waals surface area contributed by atoms with Gasteiger partial charge < -0.3 is 9.80 Å². The minimum atomic E-state index is -0.0476. The first-order valence-corrected chi connectivity index (χ1v) is 9.02. The van der Waals surface area contributed by atoms with Crippen LogP contribution < -0.4 is 9.80 Å². The zero-order chi connectivity index (χ0) is 17.9. The largest absolute Gasteiger partial charge is 0.350 e. The maximum Gasteiger partial charge on any atom is 0.203 e. The average Bonchev–Trinajstić information content (AvgIpc) is 3.35. The molecule has 0 aromatic carbocycles. The molecule has 5 heterocycles. The topological polar surface area (TPSA) is 75.3 Å². The Balaban J connectivity index is 1.42. The summed E-state index contributed by atoms with van der Waals surface area (Å²) in [6.07, 6.45) is 8.41. The zero-order valence-electron chi connectivity index (χ0n) is 15.2. The average molecular weight is 350 g/mol. The molecule has 0 radical (unpaired) electrons. The standard InChI is InChI=1S/C18H22N8/c1-18(2,3)17-20-5-4-14(22-17)25-9-13-8-12(25)10-26(13)15-16-23-21-11-24(16)7-6-19-15/h4-7,11-13H,8-10H2,1-3H3. The molecule has 2 unspecified atom stereocenters. The van der Waals surface area contributed by atoms with Crippen LogP contribution in [0.25, 0.3) is 5.65 Å². The second-order valence-electron chi connectivity index (χ2n) is 8.15. The number of rotatable bonds is 2. The normalized spacial score (nSPS) is 22.6. The summed E-state index contributed by atoms with van der Waals surface area (Å²) in [4.78, 5) is 18.7. The van der Waals surface area contributed by atoms with Crippen LogP contribution in [0.4, 0.5) is 11.6 Å². The van der Waals surface area contributed by atoms with Gasteiger partial charge in [0.15, 0.2) is 5.82 Å². The summed E-state index contributed by atoms with van der Waals surface area (Å²) in [5.74, 6) is 2.85. The summed E-state index contributed by atoms with van der Waals surface area (Å²) < 4.78 is 1.92. The molecular formula is C18H22N8. The van der Waals surface area contributed by atoms with Gasteiger partial charge in [0.2, 0.25) is 5.65 Å². The van der Waals surface area contributed by atoms with E-state index in [9.17, 15) is 0 Å². The van der Waals surface area contributed by atoms with Gasteiger partial charge in [-0.1, -0.05) is 20.8 Å². The highest BCUT2D eigenvalue weighted by molar-refractivity contribution is 5.66. The Labute approximate surface area is 151 Å². The molecule has 2 aliphatic heterocycles. The highest BCUT2D eigenvalue weighted by Crippen LogP contribution is 2.37. The summed E-state index contributed by atoms with van der Waals surface area (Å²) in [5, 5.41) is 8.25. The van der Waals surface area contributed by atoms with Crippen LogP contribution in [-0.4, -0.2) is 54.7 Å². The van der Waals surface area contributed by atoms with E-state index in [1.165, 1.54) is 0 Å². The van der Waals surface area contributed by atoms with Crippen LogP contribution in [0.5, 0.6) is 0 Å². The van der Waals surface area contributed by atoms with Gasteiger partial charge in [0, 0.05) is 37.1 Å². The van der Waals surface area contributed by atoms with E-state index in [0.29, 0.717) is 12.1 Å². The van der Waals surface area contributed by atoms with Gasteiger partial charge in [-0.3, -0.25) is 4.40 Å². The molecule has 0 amide bonds. The molecule has 0 N–H and O–H groups in total. The van der Waals surface area contributed by atoms with E-state index in [-0.39, 0.29) is 5.41 Å². The Bertz CT molecular complexity index is 959. The molecule has 134 valence electrons. The summed E-state index contributed by atoms with van der Waals surface area (Å²) in [7, 11) is 0. The lowest BCUT2D eigenvalue weighted by molar-refractivity contribution is 0.541. The summed E-state index contributed by atoms with van der Waals surface area (Å²) in [6.45, 7) is 8.32. The summed E-state index contributed by atoms with van der Waals surface area (Å²) in [6, 6.07) is 2.88. The molecule has 0 saturated carbocycles. The fourth-order valence-electron chi connectivity index (χ4n) is 4.03. The summed E-state index contributed by atoms with van der Waals surface area (Å²) >= 11 is 0. The maximum absolute atomic E-state index is 4.84. The van der Waals surface area contributed by atoms with Crippen molar-refractivity contribution in [2.75, 3.05) is 22.9 Å². The lowest BCUT2D eigenvalue weighted by atomic mass is 9.96. The predicted octanol–water partition coefficient (Wildman–Crippen LogP) is 1.68. The van der Waals surface area contributed by atoms with Crippen LogP contribution in [0.1, 0.15) is 33.0 Å². The van der Waals surface area contributed by atoms with E-state index < -0.39 is 0 Å². The van der Waals surface area contributed by atoms with Crippen molar-refractivity contribution in [1.82, 2.24) is 29.5 Å². The van der Waals surface area contributed by atoms with Crippen molar-refractivity contribution in [3.8, 4) is 0 Å². The number of anilines is 2. The van der Waals surface area contributed by atoms with Crippen LogP contribution in [0.15, 0.2) is 31.0 Å². The number of aromatic nitrogens is 6. The third-order valence-electron chi connectivity index (χ3n) is 5.32. The highest BCUT2D eigenvalue weighted by atomic mass is 15.4. The second-order valence-corrected chi connectivity index (χ2v) is 8.15. The Kier molecular flexibility index (Phi) is 3.19. The van der Waals surface area contributed by atoms with Gasteiger partial charge >= 0.3 is 0 Å². The SMILES string of the molecule is CC(C)(C)c1nccc(N2CC3CC2CN3c2nccn3cnnc23)n1. The minimum absolute atomic E-state index is 0.0476. The highest BCUT2D eigenvalue weighted by Gasteiger charge is 2.45. The first-order chi connectivity index (χ1) is 12.5. The van der Waals surface area contributed by atoms with E-state index in [1.807, 2.05) is 29.1 Å². The monoisotopic (exact) mass is 350 g/mol. The third-order valence-corrected chi connectivity index (χ3v) is 5.32. The van der Waals surface area contributed by atoms with Gasteiger partial charge in [-0.2, -0.15) is 0 Å². The molecule has 2 aliphatic rings. The number of hydrogen-bond acceptors (Lipinski definition) is 7. The quantitative estimate of drug-likeness (QED) is 0.696. The molecule has 8 heteroatoms. The van der Waals surface area contributed by atoms with E-state index in [4.69, 9.17) is 4.98 Å². The molecule has 2 bridgehead atoms. The fourth-order valence-corrected chi connectivity index (χ4v) is 4.03. The van der Waals surface area contributed by atoms with Crippen molar-refractivity contribution in [3.63, 3.8) is 0 Å². The molecule has 5 rings (SSSR count). The van der Waals surface area contributed by atoms with Crippen molar-refractivity contribution in [2.24, 2.45) is 0 Å². The molecule has 26 heavy (non-hydrogen) atoms. The van der Waals surface area contributed by atoms with Crippen LogP contribution >= 0.6 is 0 Å². The number of fused-ring (bicyclic) bond motifs is 3. The molecule has 2 atom stereocenters. The molecular weight excluding hydrogens is 328 g/mol. The minimum Gasteiger partial charge on any atom is -0.350 e. The molecule has 0 aliphatic carbocycles. The number of piperazine rings is 1. The van der Waals surface area contributed by atoms with Crippen molar-refractivity contribution < 1.29 is 0 Å². The third kappa shape index (κ3) is 2.32. The lowest BCUT2D eigenvalue weighted by Gasteiger charge is -2.35.